The highest BCUT2D eigenvalue weighted by molar-refractivity contribution is 9.11. The van der Waals surface area contributed by atoms with Crippen molar-refractivity contribution in [2.75, 3.05) is 6.54 Å². The van der Waals surface area contributed by atoms with Crippen LogP contribution in [0.1, 0.15) is 11.8 Å². The van der Waals surface area contributed by atoms with Crippen molar-refractivity contribution in [2.24, 2.45) is 0 Å². The zero-order valence-electron chi connectivity index (χ0n) is 6.80. The lowest BCUT2D eigenvalue weighted by atomic mass is 10.5. The van der Waals surface area contributed by atoms with Gasteiger partial charge in [0.15, 0.2) is 0 Å². The minimum atomic E-state index is 0.575. The molecule has 0 unspecified atom stereocenters. The van der Waals surface area contributed by atoms with E-state index in [1.54, 1.807) is 6.92 Å². The first kappa shape index (κ1) is 9.41. The van der Waals surface area contributed by atoms with Crippen molar-refractivity contribution in [3.63, 3.8) is 0 Å². The summed E-state index contributed by atoms with van der Waals surface area (Å²) < 4.78 is 6.04. The van der Waals surface area contributed by atoms with Crippen LogP contribution in [0.3, 0.4) is 0 Å². The van der Waals surface area contributed by atoms with Gasteiger partial charge in [-0.25, -0.2) is 0 Å². The first-order chi connectivity index (χ1) is 5.68. The first-order valence-electron chi connectivity index (χ1n) is 3.51. The van der Waals surface area contributed by atoms with Gasteiger partial charge in [-0.3, -0.25) is 0 Å². The second-order valence-corrected chi connectivity index (χ2v) is 3.46. The van der Waals surface area contributed by atoms with Gasteiger partial charge in [-0.2, -0.15) is 0 Å². The van der Waals surface area contributed by atoms with E-state index in [2.05, 4.69) is 38.0 Å². The van der Waals surface area contributed by atoms with Crippen LogP contribution in [-0.4, -0.2) is 16.7 Å². The van der Waals surface area contributed by atoms with E-state index in [1.807, 2.05) is 0 Å². The molecule has 12 heavy (non-hydrogen) atoms. The summed E-state index contributed by atoms with van der Waals surface area (Å²) in [7, 11) is 0. The highest BCUT2D eigenvalue weighted by Crippen LogP contribution is 1.99. The number of nitrogens with one attached hydrogen (secondary N) is 1. The maximum absolute atomic E-state index is 5.14. The number of nitrogens with zero attached hydrogens (tertiary/aromatic N) is 2. The molecule has 0 amide bonds. The van der Waals surface area contributed by atoms with Crippen molar-refractivity contribution < 1.29 is 4.42 Å². The molecule has 1 aromatic rings. The summed E-state index contributed by atoms with van der Waals surface area (Å²) in [5.74, 6) is 1.19. The van der Waals surface area contributed by atoms with Crippen LogP contribution >= 0.6 is 15.9 Å². The third-order valence-corrected chi connectivity index (χ3v) is 1.44. The number of aryl methyl sites for hydroxylation is 1. The van der Waals surface area contributed by atoms with Crippen molar-refractivity contribution in [3.05, 3.63) is 22.8 Å². The van der Waals surface area contributed by atoms with Crippen LogP contribution in [0.5, 0.6) is 0 Å². The van der Waals surface area contributed by atoms with Gasteiger partial charge in [-0.15, -0.1) is 10.2 Å². The molecule has 0 fully saturated rings. The number of rotatable bonds is 4. The van der Waals surface area contributed by atoms with Crippen LogP contribution in [-0.2, 0) is 6.54 Å². The maximum Gasteiger partial charge on any atom is 0.230 e. The molecule has 1 aromatic heterocycles. The Morgan fingerprint density at radius 2 is 2.42 bits per heavy atom. The molecule has 0 saturated heterocycles. The van der Waals surface area contributed by atoms with Crippen molar-refractivity contribution in [1.82, 2.24) is 15.5 Å². The Labute approximate surface area is 79.2 Å². The Morgan fingerprint density at radius 1 is 1.67 bits per heavy atom. The summed E-state index contributed by atoms with van der Waals surface area (Å²) >= 11 is 3.23. The number of halogens is 1. The van der Waals surface area contributed by atoms with E-state index in [9.17, 15) is 0 Å². The molecule has 0 aliphatic rings. The lowest BCUT2D eigenvalue weighted by Gasteiger charge is -1.97. The Balaban J connectivity index is 2.29. The van der Waals surface area contributed by atoms with Gasteiger partial charge >= 0.3 is 0 Å². The van der Waals surface area contributed by atoms with E-state index in [0.717, 1.165) is 4.48 Å². The second kappa shape index (κ2) is 4.37. The average Bonchev–Trinajstić information content (AvgIpc) is 2.35. The topological polar surface area (TPSA) is 51.0 Å². The van der Waals surface area contributed by atoms with Crippen molar-refractivity contribution in [3.8, 4) is 0 Å². The summed E-state index contributed by atoms with van der Waals surface area (Å²) in [6.07, 6.45) is 0. The molecule has 0 bridgehead atoms. The molecular weight excluding hydrogens is 222 g/mol. The molecule has 1 N–H and O–H groups in total. The molecule has 0 radical (unpaired) electrons. The number of aromatic nitrogens is 2. The number of hydrogen-bond acceptors (Lipinski definition) is 4. The van der Waals surface area contributed by atoms with Crippen LogP contribution in [0.4, 0.5) is 0 Å². The van der Waals surface area contributed by atoms with Gasteiger partial charge in [0.25, 0.3) is 0 Å². The largest absolute Gasteiger partial charge is 0.424 e. The summed E-state index contributed by atoms with van der Waals surface area (Å²) in [4.78, 5) is 0. The summed E-state index contributed by atoms with van der Waals surface area (Å²) in [5.41, 5.74) is 0. The van der Waals surface area contributed by atoms with Crippen LogP contribution in [0.25, 0.3) is 0 Å². The van der Waals surface area contributed by atoms with Crippen LogP contribution < -0.4 is 5.32 Å². The third-order valence-electron chi connectivity index (χ3n) is 1.16. The standard InChI is InChI=1S/C7H10BrN3O/c1-5(8)3-9-4-7-11-10-6(2)12-7/h9H,1,3-4H2,2H3. The Bertz CT molecular complexity index is 271. The fraction of sp³-hybridized carbons (Fsp3) is 0.429. The quantitative estimate of drug-likeness (QED) is 0.851. The molecule has 1 heterocycles. The lowest BCUT2D eigenvalue weighted by Crippen LogP contribution is -2.14. The fourth-order valence-electron chi connectivity index (χ4n) is 0.714. The van der Waals surface area contributed by atoms with E-state index in [0.29, 0.717) is 24.9 Å². The zero-order valence-corrected chi connectivity index (χ0v) is 8.39. The van der Waals surface area contributed by atoms with Crippen molar-refractivity contribution >= 4 is 15.9 Å². The van der Waals surface area contributed by atoms with Gasteiger partial charge in [-0.05, 0) is 0 Å². The second-order valence-electron chi connectivity index (χ2n) is 2.34. The van der Waals surface area contributed by atoms with E-state index in [1.165, 1.54) is 0 Å². The molecule has 66 valence electrons. The fourth-order valence-corrected chi connectivity index (χ4v) is 0.912. The Kier molecular flexibility index (Phi) is 3.43. The normalized spacial score (nSPS) is 10.2. The predicted molar refractivity (Wildman–Crippen MR) is 48.8 cm³/mol. The highest BCUT2D eigenvalue weighted by Gasteiger charge is 2.00. The molecule has 0 saturated carbocycles. The molecule has 0 atom stereocenters. The van der Waals surface area contributed by atoms with Gasteiger partial charge in [-0.1, -0.05) is 22.5 Å². The van der Waals surface area contributed by atoms with Crippen molar-refractivity contribution in [1.29, 1.82) is 0 Å². The van der Waals surface area contributed by atoms with Crippen LogP contribution in [0.15, 0.2) is 15.5 Å². The Morgan fingerprint density at radius 3 is 2.92 bits per heavy atom. The summed E-state index contributed by atoms with van der Waals surface area (Å²) in [6.45, 7) is 6.71. The van der Waals surface area contributed by atoms with Crippen LogP contribution in [0.2, 0.25) is 0 Å². The average molecular weight is 232 g/mol. The molecule has 0 aliphatic heterocycles. The minimum absolute atomic E-state index is 0.575. The lowest BCUT2D eigenvalue weighted by molar-refractivity contribution is 0.452. The zero-order chi connectivity index (χ0) is 8.97. The SMILES string of the molecule is C=C(Br)CNCc1nnc(C)o1. The molecule has 0 aromatic carbocycles. The Hall–Kier alpha value is -0.680. The minimum Gasteiger partial charge on any atom is -0.424 e. The molecular formula is C7H10BrN3O. The highest BCUT2D eigenvalue weighted by atomic mass is 79.9. The summed E-state index contributed by atoms with van der Waals surface area (Å²) in [5, 5.41) is 10.6. The molecule has 0 aliphatic carbocycles. The van der Waals surface area contributed by atoms with E-state index < -0.39 is 0 Å². The molecule has 0 spiro atoms. The summed E-state index contributed by atoms with van der Waals surface area (Å²) in [6, 6.07) is 0. The smallest absolute Gasteiger partial charge is 0.230 e. The van der Waals surface area contributed by atoms with Gasteiger partial charge in [0, 0.05) is 18.0 Å². The maximum atomic E-state index is 5.14. The van der Waals surface area contributed by atoms with Gasteiger partial charge in [0.05, 0.1) is 6.54 Å². The van der Waals surface area contributed by atoms with E-state index in [-0.39, 0.29) is 0 Å². The van der Waals surface area contributed by atoms with E-state index in [4.69, 9.17) is 4.42 Å². The van der Waals surface area contributed by atoms with Gasteiger partial charge in [0.2, 0.25) is 11.8 Å². The molecule has 4 nitrogen and oxygen atoms in total. The van der Waals surface area contributed by atoms with Gasteiger partial charge < -0.3 is 9.73 Å². The van der Waals surface area contributed by atoms with Crippen molar-refractivity contribution in [2.45, 2.75) is 13.5 Å². The third kappa shape index (κ3) is 3.15. The molecule has 1 rings (SSSR count). The first-order valence-corrected chi connectivity index (χ1v) is 4.31. The number of hydrogen-bond donors (Lipinski definition) is 1. The molecule has 5 heteroatoms. The van der Waals surface area contributed by atoms with E-state index >= 15 is 0 Å². The van der Waals surface area contributed by atoms with Crippen LogP contribution in [0, 0.1) is 6.92 Å². The monoisotopic (exact) mass is 231 g/mol. The van der Waals surface area contributed by atoms with Gasteiger partial charge in [0.1, 0.15) is 0 Å². The predicted octanol–water partition coefficient (Wildman–Crippen LogP) is 1.38.